The van der Waals surface area contributed by atoms with E-state index in [1.807, 2.05) is 0 Å². The van der Waals surface area contributed by atoms with Gasteiger partial charge in [-0.3, -0.25) is 0 Å². The van der Waals surface area contributed by atoms with E-state index in [1.165, 1.54) is 11.1 Å². The second-order valence-corrected chi connectivity index (χ2v) is 5.46. The van der Waals surface area contributed by atoms with Gasteiger partial charge in [0.15, 0.2) is 0 Å². The number of benzene rings is 1. The van der Waals surface area contributed by atoms with Gasteiger partial charge in [-0.25, -0.2) is 0 Å². The molecule has 1 heterocycles. The summed E-state index contributed by atoms with van der Waals surface area (Å²) >= 11 is 0. The maximum atomic E-state index is 6.16. The molecule has 1 saturated heterocycles. The Kier molecular flexibility index (Phi) is 2.38. The van der Waals surface area contributed by atoms with Crippen LogP contribution in [0.3, 0.4) is 0 Å². The summed E-state index contributed by atoms with van der Waals surface area (Å²) in [5, 5.41) is 0. The highest BCUT2D eigenvalue weighted by Gasteiger charge is 2.41. The number of rotatable bonds is 1. The first-order chi connectivity index (χ1) is 6.91. The van der Waals surface area contributed by atoms with Gasteiger partial charge in [0.1, 0.15) is 0 Å². The molecular weight excluding hydrogens is 184 g/mol. The smallest absolute Gasteiger partial charge is 0.0911 e. The lowest BCUT2D eigenvalue weighted by atomic mass is 9.91. The van der Waals surface area contributed by atoms with Gasteiger partial charge in [-0.1, -0.05) is 29.8 Å². The Balaban J connectivity index is 2.27. The summed E-state index contributed by atoms with van der Waals surface area (Å²) in [5.74, 6) is 0. The van der Waals surface area contributed by atoms with Crippen molar-refractivity contribution in [3.8, 4) is 0 Å². The molecule has 0 radical (unpaired) electrons. The molecule has 0 amide bonds. The normalized spacial score (nSPS) is 29.3. The molecule has 2 rings (SSSR count). The van der Waals surface area contributed by atoms with Crippen molar-refractivity contribution in [1.29, 1.82) is 0 Å². The molecule has 0 saturated carbocycles. The first-order valence-electron chi connectivity index (χ1n) is 5.69. The highest BCUT2D eigenvalue weighted by atomic mass is 16.5. The Bertz CT molecular complexity index is 350. The van der Waals surface area contributed by atoms with Crippen molar-refractivity contribution in [3.63, 3.8) is 0 Å². The van der Waals surface area contributed by atoms with E-state index >= 15 is 0 Å². The third-order valence-corrected chi connectivity index (χ3v) is 3.37. The lowest BCUT2D eigenvalue weighted by Crippen LogP contribution is -2.26. The third kappa shape index (κ3) is 2.07. The molecule has 1 aromatic rings. The van der Waals surface area contributed by atoms with Crippen LogP contribution in [-0.4, -0.2) is 5.60 Å². The van der Waals surface area contributed by atoms with Crippen molar-refractivity contribution in [2.24, 2.45) is 0 Å². The Morgan fingerprint density at radius 1 is 1.00 bits per heavy atom. The number of hydrogen-bond acceptors (Lipinski definition) is 1. The second-order valence-electron chi connectivity index (χ2n) is 5.46. The van der Waals surface area contributed by atoms with E-state index in [1.54, 1.807) is 0 Å². The minimum atomic E-state index is -0.0861. The fraction of sp³-hybridized carbons (Fsp3) is 0.571. The van der Waals surface area contributed by atoms with Crippen LogP contribution in [0.2, 0.25) is 0 Å². The highest BCUT2D eigenvalue weighted by Crippen LogP contribution is 2.43. The second kappa shape index (κ2) is 3.34. The number of hydrogen-bond donors (Lipinski definition) is 0. The molecule has 0 spiro atoms. The maximum absolute atomic E-state index is 6.16. The van der Waals surface area contributed by atoms with E-state index in [9.17, 15) is 0 Å². The van der Waals surface area contributed by atoms with E-state index < -0.39 is 0 Å². The van der Waals surface area contributed by atoms with Crippen molar-refractivity contribution < 1.29 is 4.74 Å². The summed E-state index contributed by atoms with van der Waals surface area (Å²) in [5.41, 5.74) is 2.55. The van der Waals surface area contributed by atoms with Crippen LogP contribution < -0.4 is 0 Å². The predicted molar refractivity (Wildman–Crippen MR) is 62.9 cm³/mol. The molecule has 1 aliphatic heterocycles. The summed E-state index contributed by atoms with van der Waals surface area (Å²) in [4.78, 5) is 0. The van der Waals surface area contributed by atoms with E-state index in [0.717, 1.165) is 12.8 Å². The number of aryl methyl sites for hydroxylation is 1. The topological polar surface area (TPSA) is 9.23 Å². The zero-order valence-corrected chi connectivity index (χ0v) is 10.1. The monoisotopic (exact) mass is 204 g/mol. The molecule has 0 bridgehead atoms. The summed E-state index contributed by atoms with van der Waals surface area (Å²) in [6.07, 6.45) is 2.25. The Hall–Kier alpha value is -0.820. The molecule has 0 N–H and O–H groups in total. The van der Waals surface area contributed by atoms with Crippen molar-refractivity contribution in [2.75, 3.05) is 0 Å². The van der Waals surface area contributed by atoms with Crippen LogP contribution in [0, 0.1) is 6.92 Å². The minimum absolute atomic E-state index is 0.0274. The lowest BCUT2D eigenvalue weighted by Gasteiger charge is -2.28. The van der Waals surface area contributed by atoms with Gasteiger partial charge in [-0.15, -0.1) is 0 Å². The van der Waals surface area contributed by atoms with Gasteiger partial charge in [0.25, 0.3) is 0 Å². The average Bonchev–Trinajstić information content (AvgIpc) is 2.43. The van der Waals surface area contributed by atoms with E-state index in [2.05, 4.69) is 52.0 Å². The molecule has 1 heteroatoms. The van der Waals surface area contributed by atoms with Gasteiger partial charge in [0.05, 0.1) is 11.2 Å². The summed E-state index contributed by atoms with van der Waals surface area (Å²) < 4.78 is 6.16. The van der Waals surface area contributed by atoms with Crippen molar-refractivity contribution >= 4 is 0 Å². The molecule has 1 aliphatic rings. The largest absolute Gasteiger partial charge is 0.365 e. The Morgan fingerprint density at radius 3 is 2.07 bits per heavy atom. The quantitative estimate of drug-likeness (QED) is 0.676. The standard InChI is InChI=1S/C14H20O/c1-11-5-7-12(8-6-11)14(4)10-9-13(2,3)15-14/h5-8H,9-10H2,1-4H3/t14-/m1/s1. The summed E-state index contributed by atoms with van der Waals surface area (Å²) in [6, 6.07) is 8.71. The van der Waals surface area contributed by atoms with E-state index in [-0.39, 0.29) is 11.2 Å². The van der Waals surface area contributed by atoms with Crippen LogP contribution in [0.15, 0.2) is 24.3 Å². The molecule has 15 heavy (non-hydrogen) atoms. The Morgan fingerprint density at radius 2 is 1.60 bits per heavy atom. The molecule has 82 valence electrons. The zero-order chi connectivity index (χ0) is 11.1. The molecule has 0 unspecified atom stereocenters. The third-order valence-electron chi connectivity index (χ3n) is 3.37. The van der Waals surface area contributed by atoms with Crippen LogP contribution in [0.5, 0.6) is 0 Å². The Labute approximate surface area is 92.5 Å². The maximum Gasteiger partial charge on any atom is 0.0911 e. The van der Waals surface area contributed by atoms with Crippen molar-refractivity contribution in [2.45, 2.75) is 51.7 Å². The highest BCUT2D eigenvalue weighted by molar-refractivity contribution is 5.27. The van der Waals surface area contributed by atoms with Gasteiger partial charge >= 0.3 is 0 Å². The first kappa shape index (κ1) is 10.7. The minimum Gasteiger partial charge on any atom is -0.365 e. The van der Waals surface area contributed by atoms with Gasteiger partial charge in [-0.2, -0.15) is 0 Å². The SMILES string of the molecule is Cc1ccc([C@@]2(C)CCC(C)(C)O2)cc1. The van der Waals surface area contributed by atoms with E-state index in [4.69, 9.17) is 4.74 Å². The fourth-order valence-electron chi connectivity index (χ4n) is 2.36. The van der Waals surface area contributed by atoms with Crippen molar-refractivity contribution in [1.82, 2.24) is 0 Å². The van der Waals surface area contributed by atoms with Gasteiger partial charge in [0, 0.05) is 0 Å². The van der Waals surface area contributed by atoms with Gasteiger partial charge in [-0.05, 0) is 46.1 Å². The summed E-state index contributed by atoms with van der Waals surface area (Å²) in [7, 11) is 0. The fourth-order valence-corrected chi connectivity index (χ4v) is 2.36. The van der Waals surface area contributed by atoms with Crippen LogP contribution in [0.1, 0.15) is 44.7 Å². The van der Waals surface area contributed by atoms with Crippen LogP contribution in [-0.2, 0) is 10.3 Å². The number of ether oxygens (including phenoxy) is 1. The van der Waals surface area contributed by atoms with Gasteiger partial charge in [0.2, 0.25) is 0 Å². The molecule has 0 aliphatic carbocycles. The van der Waals surface area contributed by atoms with E-state index in [0.29, 0.717) is 0 Å². The average molecular weight is 204 g/mol. The molecule has 1 nitrogen and oxygen atoms in total. The van der Waals surface area contributed by atoms with Crippen LogP contribution >= 0.6 is 0 Å². The predicted octanol–water partition coefficient (Wildman–Crippen LogP) is 3.80. The molecule has 1 fully saturated rings. The van der Waals surface area contributed by atoms with Crippen LogP contribution in [0.25, 0.3) is 0 Å². The van der Waals surface area contributed by atoms with Crippen LogP contribution in [0.4, 0.5) is 0 Å². The zero-order valence-electron chi connectivity index (χ0n) is 10.1. The van der Waals surface area contributed by atoms with Crippen molar-refractivity contribution in [3.05, 3.63) is 35.4 Å². The lowest BCUT2D eigenvalue weighted by molar-refractivity contribution is -0.0793. The first-order valence-corrected chi connectivity index (χ1v) is 5.69. The van der Waals surface area contributed by atoms with Gasteiger partial charge < -0.3 is 4.74 Å². The molecule has 0 aromatic heterocycles. The summed E-state index contributed by atoms with van der Waals surface area (Å²) in [6.45, 7) is 8.66. The molecular formula is C14H20O. The molecule has 1 aromatic carbocycles. The molecule has 1 atom stereocenters.